The summed E-state index contributed by atoms with van der Waals surface area (Å²) in [6, 6.07) is 9.98. The van der Waals surface area contributed by atoms with Crippen LogP contribution in [0.4, 0.5) is 17.3 Å². The number of nitrogens with one attached hydrogen (secondary N) is 2. The van der Waals surface area contributed by atoms with Gasteiger partial charge in [-0.3, -0.25) is 0 Å². The second-order valence-corrected chi connectivity index (χ2v) is 5.57. The SMILES string of the molecule is CCCc1ccc(Nc2nc(NCC)c(Cl)cc2Cl)cc1. The Morgan fingerprint density at radius 1 is 1.00 bits per heavy atom. The van der Waals surface area contributed by atoms with Crippen molar-refractivity contribution in [3.05, 3.63) is 45.9 Å². The first kappa shape index (κ1) is 15.9. The number of nitrogens with zero attached hydrogens (tertiary/aromatic N) is 1. The van der Waals surface area contributed by atoms with Gasteiger partial charge in [0, 0.05) is 12.2 Å². The van der Waals surface area contributed by atoms with Crippen LogP contribution in [-0.2, 0) is 6.42 Å². The maximum absolute atomic E-state index is 6.20. The zero-order valence-corrected chi connectivity index (χ0v) is 13.7. The number of rotatable bonds is 6. The number of anilines is 3. The third-order valence-corrected chi connectivity index (χ3v) is 3.61. The minimum Gasteiger partial charge on any atom is -0.369 e. The number of halogens is 2. The molecule has 0 saturated carbocycles. The third kappa shape index (κ3) is 4.26. The highest BCUT2D eigenvalue weighted by atomic mass is 35.5. The first-order valence-electron chi connectivity index (χ1n) is 7.10. The lowest BCUT2D eigenvalue weighted by atomic mass is 10.1. The highest BCUT2D eigenvalue weighted by molar-refractivity contribution is 6.37. The summed E-state index contributed by atoms with van der Waals surface area (Å²) < 4.78 is 0. The fourth-order valence-corrected chi connectivity index (χ4v) is 2.50. The Balaban J connectivity index is 2.20. The van der Waals surface area contributed by atoms with Gasteiger partial charge >= 0.3 is 0 Å². The molecule has 2 aromatic rings. The van der Waals surface area contributed by atoms with Gasteiger partial charge in [-0.1, -0.05) is 48.7 Å². The molecular weight excluding hydrogens is 305 g/mol. The zero-order chi connectivity index (χ0) is 15.2. The largest absolute Gasteiger partial charge is 0.369 e. The predicted octanol–water partition coefficient (Wildman–Crippen LogP) is 5.52. The van der Waals surface area contributed by atoms with E-state index in [1.165, 1.54) is 5.56 Å². The lowest BCUT2D eigenvalue weighted by Crippen LogP contribution is -2.03. The molecule has 112 valence electrons. The monoisotopic (exact) mass is 323 g/mol. The van der Waals surface area contributed by atoms with Crippen LogP contribution in [0.25, 0.3) is 0 Å². The van der Waals surface area contributed by atoms with Crippen molar-refractivity contribution in [1.29, 1.82) is 0 Å². The Hall–Kier alpha value is -1.45. The van der Waals surface area contributed by atoms with Crippen molar-refractivity contribution in [3.63, 3.8) is 0 Å². The Labute approximate surface area is 135 Å². The van der Waals surface area contributed by atoms with Crippen molar-refractivity contribution in [2.75, 3.05) is 17.2 Å². The minimum atomic E-state index is 0.499. The van der Waals surface area contributed by atoms with Gasteiger partial charge < -0.3 is 10.6 Å². The average Bonchev–Trinajstić information content (AvgIpc) is 2.46. The van der Waals surface area contributed by atoms with Gasteiger partial charge in [0.1, 0.15) is 5.82 Å². The van der Waals surface area contributed by atoms with Gasteiger partial charge in [-0.15, -0.1) is 0 Å². The van der Waals surface area contributed by atoms with Crippen LogP contribution in [0.3, 0.4) is 0 Å². The second-order valence-electron chi connectivity index (χ2n) is 4.75. The summed E-state index contributed by atoms with van der Waals surface area (Å²) in [5.74, 6) is 1.23. The molecule has 0 unspecified atom stereocenters. The van der Waals surface area contributed by atoms with Crippen molar-refractivity contribution < 1.29 is 0 Å². The van der Waals surface area contributed by atoms with Crippen molar-refractivity contribution in [2.45, 2.75) is 26.7 Å². The minimum absolute atomic E-state index is 0.499. The quantitative estimate of drug-likeness (QED) is 0.735. The predicted molar refractivity (Wildman–Crippen MR) is 92.1 cm³/mol. The average molecular weight is 324 g/mol. The highest BCUT2D eigenvalue weighted by Gasteiger charge is 2.09. The molecule has 0 aliphatic carbocycles. The molecule has 0 saturated heterocycles. The lowest BCUT2D eigenvalue weighted by Gasteiger charge is -2.12. The molecular formula is C16H19Cl2N3. The summed E-state index contributed by atoms with van der Waals surface area (Å²) in [5, 5.41) is 7.36. The van der Waals surface area contributed by atoms with Crippen molar-refractivity contribution in [3.8, 4) is 0 Å². The molecule has 0 atom stereocenters. The van der Waals surface area contributed by atoms with Crippen LogP contribution in [0.15, 0.2) is 30.3 Å². The normalized spacial score (nSPS) is 10.5. The fourth-order valence-electron chi connectivity index (χ4n) is 2.03. The number of hydrogen-bond donors (Lipinski definition) is 2. The molecule has 1 aromatic carbocycles. The number of hydrogen-bond acceptors (Lipinski definition) is 3. The van der Waals surface area contributed by atoms with Gasteiger partial charge in [0.15, 0.2) is 5.82 Å². The van der Waals surface area contributed by atoms with E-state index in [1.54, 1.807) is 6.07 Å². The molecule has 0 bridgehead atoms. The summed E-state index contributed by atoms with van der Waals surface area (Å²) in [6.07, 6.45) is 2.23. The molecule has 3 nitrogen and oxygen atoms in total. The van der Waals surface area contributed by atoms with E-state index >= 15 is 0 Å². The molecule has 21 heavy (non-hydrogen) atoms. The van der Waals surface area contributed by atoms with E-state index in [0.717, 1.165) is 25.1 Å². The molecule has 0 fully saturated rings. The number of benzene rings is 1. The van der Waals surface area contributed by atoms with Gasteiger partial charge in [-0.25, -0.2) is 4.98 Å². The van der Waals surface area contributed by atoms with Crippen LogP contribution in [0.5, 0.6) is 0 Å². The fraction of sp³-hybridized carbons (Fsp3) is 0.312. The van der Waals surface area contributed by atoms with Crippen molar-refractivity contribution in [1.82, 2.24) is 4.98 Å². The Morgan fingerprint density at radius 2 is 1.67 bits per heavy atom. The van der Waals surface area contributed by atoms with Gasteiger partial charge in [0.2, 0.25) is 0 Å². The highest BCUT2D eigenvalue weighted by Crippen LogP contribution is 2.31. The maximum atomic E-state index is 6.20. The molecule has 5 heteroatoms. The van der Waals surface area contributed by atoms with Crippen LogP contribution in [0.2, 0.25) is 10.0 Å². The zero-order valence-electron chi connectivity index (χ0n) is 12.2. The van der Waals surface area contributed by atoms with E-state index in [0.29, 0.717) is 21.7 Å². The molecule has 0 spiro atoms. The van der Waals surface area contributed by atoms with Crippen LogP contribution in [0.1, 0.15) is 25.8 Å². The summed E-state index contributed by atoms with van der Waals surface area (Å²) >= 11 is 12.3. The lowest BCUT2D eigenvalue weighted by molar-refractivity contribution is 0.922. The molecule has 0 amide bonds. The van der Waals surface area contributed by atoms with Gasteiger partial charge in [0.25, 0.3) is 0 Å². The first-order valence-corrected chi connectivity index (χ1v) is 7.85. The number of aryl methyl sites for hydroxylation is 1. The summed E-state index contributed by atoms with van der Waals surface area (Å²) in [6.45, 7) is 4.91. The van der Waals surface area contributed by atoms with Crippen LogP contribution < -0.4 is 10.6 Å². The van der Waals surface area contributed by atoms with Gasteiger partial charge in [-0.05, 0) is 37.1 Å². The van der Waals surface area contributed by atoms with Crippen molar-refractivity contribution >= 4 is 40.5 Å². The standard InChI is InChI=1S/C16H19Cl2N3/c1-3-5-11-6-8-12(9-7-11)20-16-14(18)10-13(17)15(21-16)19-4-2/h6-10H,3-5H2,1-2H3,(H2,19,20,21). The van der Waals surface area contributed by atoms with Crippen LogP contribution >= 0.6 is 23.2 Å². The first-order chi connectivity index (χ1) is 10.1. The number of pyridine rings is 1. The van der Waals surface area contributed by atoms with E-state index in [2.05, 4.69) is 34.7 Å². The van der Waals surface area contributed by atoms with E-state index in [9.17, 15) is 0 Å². The number of aromatic nitrogens is 1. The summed E-state index contributed by atoms with van der Waals surface area (Å²) in [7, 11) is 0. The molecule has 2 N–H and O–H groups in total. The Kier molecular flexibility index (Phi) is 5.71. The molecule has 1 heterocycles. The van der Waals surface area contributed by atoms with E-state index in [-0.39, 0.29) is 0 Å². The van der Waals surface area contributed by atoms with E-state index < -0.39 is 0 Å². The Morgan fingerprint density at radius 3 is 2.29 bits per heavy atom. The smallest absolute Gasteiger partial charge is 0.151 e. The second kappa shape index (κ2) is 7.53. The van der Waals surface area contributed by atoms with Crippen LogP contribution in [0, 0.1) is 0 Å². The molecule has 1 aromatic heterocycles. The maximum Gasteiger partial charge on any atom is 0.151 e. The van der Waals surface area contributed by atoms with E-state index in [4.69, 9.17) is 23.2 Å². The van der Waals surface area contributed by atoms with Gasteiger partial charge in [0.05, 0.1) is 10.0 Å². The molecule has 2 rings (SSSR count). The van der Waals surface area contributed by atoms with Crippen molar-refractivity contribution in [2.24, 2.45) is 0 Å². The summed E-state index contributed by atoms with van der Waals surface area (Å²) in [5.41, 5.74) is 2.28. The molecule has 0 radical (unpaired) electrons. The van der Waals surface area contributed by atoms with Crippen LogP contribution in [-0.4, -0.2) is 11.5 Å². The Bertz CT molecular complexity index is 597. The summed E-state index contributed by atoms with van der Waals surface area (Å²) in [4.78, 5) is 4.43. The third-order valence-electron chi connectivity index (χ3n) is 3.03. The molecule has 0 aliphatic heterocycles. The van der Waals surface area contributed by atoms with E-state index in [1.807, 2.05) is 19.1 Å². The van der Waals surface area contributed by atoms with Gasteiger partial charge in [-0.2, -0.15) is 0 Å². The topological polar surface area (TPSA) is 37.0 Å². The molecule has 0 aliphatic rings.